The van der Waals surface area contributed by atoms with Crippen molar-refractivity contribution in [1.29, 1.82) is 0 Å². The molecule has 3 rings (SSSR count). The van der Waals surface area contributed by atoms with Crippen LogP contribution in [-0.4, -0.2) is 15.0 Å². The summed E-state index contributed by atoms with van der Waals surface area (Å²) >= 11 is 12.2. The molecule has 0 amide bonds. The third-order valence-corrected chi connectivity index (χ3v) is 4.13. The Bertz CT molecular complexity index is 884. The summed E-state index contributed by atoms with van der Waals surface area (Å²) < 4.78 is 0. The Kier molecular flexibility index (Phi) is 4.69. The summed E-state index contributed by atoms with van der Waals surface area (Å²) in [6.07, 6.45) is 3.01. The van der Waals surface area contributed by atoms with E-state index in [1.165, 1.54) is 6.33 Å². The van der Waals surface area contributed by atoms with Crippen LogP contribution in [0, 0.1) is 6.92 Å². The number of halogens is 2. The zero-order valence-electron chi connectivity index (χ0n) is 12.7. The quantitative estimate of drug-likeness (QED) is 0.591. The van der Waals surface area contributed by atoms with Gasteiger partial charge in [0.1, 0.15) is 12.0 Å². The Labute approximate surface area is 149 Å². The Morgan fingerprint density at radius 3 is 2.29 bits per heavy atom. The highest BCUT2D eigenvalue weighted by molar-refractivity contribution is 6.32. The first-order chi connectivity index (χ1) is 11.6. The Morgan fingerprint density at radius 2 is 1.58 bits per heavy atom. The minimum atomic E-state index is 0.329. The zero-order chi connectivity index (χ0) is 17.1. The maximum atomic E-state index is 6.17. The summed E-state index contributed by atoms with van der Waals surface area (Å²) in [6, 6.07) is 9.12. The van der Waals surface area contributed by atoms with Crippen LogP contribution < -0.4 is 16.4 Å². The average Bonchev–Trinajstić information content (AvgIpc) is 2.57. The molecule has 24 heavy (non-hydrogen) atoms. The molecule has 4 N–H and O–H groups in total. The van der Waals surface area contributed by atoms with Gasteiger partial charge in [0.05, 0.1) is 5.69 Å². The minimum Gasteiger partial charge on any atom is -0.393 e. The largest absolute Gasteiger partial charge is 0.393 e. The number of anilines is 5. The topological polar surface area (TPSA) is 88.8 Å². The molecule has 8 heteroatoms. The molecule has 0 unspecified atom stereocenters. The second-order valence-corrected chi connectivity index (χ2v) is 5.75. The van der Waals surface area contributed by atoms with Gasteiger partial charge in [0.2, 0.25) is 0 Å². The van der Waals surface area contributed by atoms with E-state index in [4.69, 9.17) is 28.9 Å². The lowest BCUT2D eigenvalue weighted by molar-refractivity contribution is 1.17. The molecule has 0 fully saturated rings. The lowest BCUT2D eigenvalue weighted by atomic mass is 10.2. The van der Waals surface area contributed by atoms with Gasteiger partial charge in [0.15, 0.2) is 16.8 Å². The summed E-state index contributed by atoms with van der Waals surface area (Å²) in [5, 5.41) is 7.22. The fourth-order valence-corrected chi connectivity index (χ4v) is 2.41. The van der Waals surface area contributed by atoms with Crippen molar-refractivity contribution in [2.75, 3.05) is 16.4 Å². The maximum absolute atomic E-state index is 6.17. The van der Waals surface area contributed by atoms with Crippen molar-refractivity contribution in [2.45, 2.75) is 6.92 Å². The predicted molar refractivity (Wildman–Crippen MR) is 98.4 cm³/mol. The van der Waals surface area contributed by atoms with E-state index in [1.54, 1.807) is 18.3 Å². The van der Waals surface area contributed by atoms with Crippen LogP contribution in [0.4, 0.5) is 28.7 Å². The van der Waals surface area contributed by atoms with Gasteiger partial charge in [-0.25, -0.2) is 15.0 Å². The molecule has 0 spiro atoms. The summed E-state index contributed by atoms with van der Waals surface area (Å²) in [4.78, 5) is 12.4. The second-order valence-electron chi connectivity index (χ2n) is 4.99. The minimum absolute atomic E-state index is 0.329. The van der Waals surface area contributed by atoms with Crippen LogP contribution in [0.3, 0.4) is 0 Å². The van der Waals surface area contributed by atoms with Gasteiger partial charge in [0, 0.05) is 16.9 Å². The molecule has 6 nitrogen and oxygen atoms in total. The first-order valence-corrected chi connectivity index (χ1v) is 7.82. The van der Waals surface area contributed by atoms with E-state index in [0.29, 0.717) is 33.2 Å². The monoisotopic (exact) mass is 360 g/mol. The van der Waals surface area contributed by atoms with Crippen LogP contribution in [-0.2, 0) is 0 Å². The molecule has 0 bridgehead atoms. The van der Waals surface area contributed by atoms with E-state index in [1.807, 2.05) is 25.1 Å². The standard InChI is InChI=1S/C16H14Cl2N6/c1-9-10(17)4-2-5-11(9)23-15-13(19)16(22-8-21-15)24-12-6-3-7-20-14(12)18/h2-8H,19H2,1H3,(H2,21,22,23,24). The average molecular weight is 361 g/mol. The van der Waals surface area contributed by atoms with Gasteiger partial charge in [-0.3, -0.25) is 0 Å². The molecule has 2 aromatic heterocycles. The zero-order valence-corrected chi connectivity index (χ0v) is 14.2. The molecule has 0 aliphatic rings. The molecular weight excluding hydrogens is 347 g/mol. The van der Waals surface area contributed by atoms with Gasteiger partial charge < -0.3 is 16.4 Å². The first-order valence-electron chi connectivity index (χ1n) is 7.06. The van der Waals surface area contributed by atoms with Crippen LogP contribution in [0.15, 0.2) is 42.9 Å². The Balaban J connectivity index is 1.91. The highest BCUT2D eigenvalue weighted by Crippen LogP contribution is 2.32. The molecule has 0 saturated carbocycles. The number of nitrogens with zero attached hydrogens (tertiary/aromatic N) is 3. The summed E-state index contributed by atoms with van der Waals surface area (Å²) in [6.45, 7) is 1.91. The lowest BCUT2D eigenvalue weighted by Crippen LogP contribution is -2.06. The number of nitrogens with one attached hydrogen (secondary N) is 2. The van der Waals surface area contributed by atoms with E-state index < -0.39 is 0 Å². The van der Waals surface area contributed by atoms with Crippen LogP contribution in [0.5, 0.6) is 0 Å². The van der Waals surface area contributed by atoms with Crippen LogP contribution >= 0.6 is 23.2 Å². The van der Waals surface area contributed by atoms with Gasteiger partial charge in [0.25, 0.3) is 0 Å². The van der Waals surface area contributed by atoms with E-state index in [0.717, 1.165) is 11.3 Å². The van der Waals surface area contributed by atoms with Crippen molar-refractivity contribution >= 4 is 51.9 Å². The number of aromatic nitrogens is 3. The van der Waals surface area contributed by atoms with Crippen LogP contribution in [0.2, 0.25) is 10.2 Å². The summed E-state index contributed by atoms with van der Waals surface area (Å²) in [7, 11) is 0. The van der Waals surface area contributed by atoms with Gasteiger partial charge in [-0.1, -0.05) is 29.3 Å². The van der Waals surface area contributed by atoms with Gasteiger partial charge in [-0.05, 0) is 36.8 Å². The number of pyridine rings is 1. The molecule has 3 aromatic rings. The van der Waals surface area contributed by atoms with Crippen LogP contribution in [0.1, 0.15) is 5.56 Å². The van der Waals surface area contributed by atoms with Crippen molar-refractivity contribution in [1.82, 2.24) is 15.0 Å². The number of benzene rings is 1. The smallest absolute Gasteiger partial charge is 0.159 e. The predicted octanol–water partition coefficient (Wildman–Crippen LogP) is 4.56. The molecule has 1 aromatic carbocycles. The molecule has 0 atom stereocenters. The summed E-state index contributed by atoms with van der Waals surface area (Å²) in [5.41, 5.74) is 8.86. The van der Waals surface area contributed by atoms with Crippen molar-refractivity contribution < 1.29 is 0 Å². The van der Waals surface area contributed by atoms with E-state index >= 15 is 0 Å². The SMILES string of the molecule is Cc1c(Cl)cccc1Nc1ncnc(Nc2cccnc2Cl)c1N. The molecule has 122 valence electrons. The highest BCUT2D eigenvalue weighted by atomic mass is 35.5. The fraction of sp³-hybridized carbons (Fsp3) is 0.0625. The Morgan fingerprint density at radius 1 is 0.917 bits per heavy atom. The number of nitrogen functional groups attached to an aromatic ring is 1. The fourth-order valence-electron chi connectivity index (χ4n) is 2.07. The third-order valence-electron chi connectivity index (χ3n) is 3.42. The number of nitrogens with two attached hydrogens (primary N) is 1. The van der Waals surface area contributed by atoms with E-state index in [-0.39, 0.29) is 0 Å². The Hall–Kier alpha value is -2.57. The summed E-state index contributed by atoms with van der Waals surface area (Å²) in [5.74, 6) is 0.903. The molecule has 2 heterocycles. The number of hydrogen-bond acceptors (Lipinski definition) is 6. The number of rotatable bonds is 4. The molecular formula is C16H14Cl2N6. The molecule has 0 saturated heterocycles. The van der Waals surface area contributed by atoms with Gasteiger partial charge in [-0.15, -0.1) is 0 Å². The van der Waals surface area contributed by atoms with Crippen molar-refractivity contribution in [3.05, 3.63) is 58.6 Å². The molecule has 0 aliphatic heterocycles. The highest BCUT2D eigenvalue weighted by Gasteiger charge is 2.11. The van der Waals surface area contributed by atoms with Crippen molar-refractivity contribution in [3.63, 3.8) is 0 Å². The maximum Gasteiger partial charge on any atom is 0.159 e. The number of hydrogen-bond donors (Lipinski definition) is 3. The van der Waals surface area contributed by atoms with E-state index in [9.17, 15) is 0 Å². The first kappa shape index (κ1) is 16.3. The van der Waals surface area contributed by atoms with E-state index in [2.05, 4.69) is 25.6 Å². The second kappa shape index (κ2) is 6.90. The third kappa shape index (κ3) is 3.34. The van der Waals surface area contributed by atoms with Crippen molar-refractivity contribution in [3.8, 4) is 0 Å². The van der Waals surface area contributed by atoms with Crippen LogP contribution in [0.25, 0.3) is 0 Å². The van der Waals surface area contributed by atoms with Gasteiger partial charge >= 0.3 is 0 Å². The molecule has 0 aliphatic carbocycles. The molecule has 0 radical (unpaired) electrons. The normalized spacial score (nSPS) is 10.5. The van der Waals surface area contributed by atoms with Gasteiger partial charge in [-0.2, -0.15) is 0 Å². The lowest BCUT2D eigenvalue weighted by Gasteiger charge is -2.14. The van der Waals surface area contributed by atoms with Crippen molar-refractivity contribution in [2.24, 2.45) is 0 Å².